The molecule has 0 saturated heterocycles. The van der Waals surface area contributed by atoms with E-state index in [0.29, 0.717) is 92.4 Å². The van der Waals surface area contributed by atoms with Crippen molar-refractivity contribution in [3.8, 4) is 142 Å². The first-order valence-electron chi connectivity index (χ1n) is 56.9. The van der Waals surface area contributed by atoms with Gasteiger partial charge in [0.25, 0.3) is 0 Å². The number of hydrogen-bond acceptors (Lipinski definition) is 5. The second-order valence-electron chi connectivity index (χ2n) is 34.9. The third kappa shape index (κ3) is 16.6. The second-order valence-corrected chi connectivity index (χ2v) is 34.9. The first kappa shape index (κ1) is 61.8. The minimum atomic E-state index is -3.06. The molecule has 646 valence electrons. The van der Waals surface area contributed by atoms with Gasteiger partial charge in [-0.1, -0.05) is 144 Å². The zero-order valence-corrected chi connectivity index (χ0v) is 76.2. The highest BCUT2D eigenvalue weighted by Gasteiger charge is 2.36. The van der Waals surface area contributed by atoms with Crippen LogP contribution in [-0.4, -0.2) is 0 Å². The zero-order valence-electron chi connectivity index (χ0n) is 103. The normalized spacial score (nSPS) is 16.0. The van der Waals surface area contributed by atoms with E-state index in [1.54, 1.807) is 75.4 Å². The van der Waals surface area contributed by atoms with Crippen molar-refractivity contribution in [2.45, 2.75) is 174 Å². The Morgan fingerprint density at radius 1 is 0.260 bits per heavy atom. The van der Waals surface area contributed by atoms with E-state index in [-0.39, 0.29) is 16.7 Å². The lowest BCUT2D eigenvalue weighted by molar-refractivity contribution is -0.667. The van der Waals surface area contributed by atoms with Crippen molar-refractivity contribution in [3.63, 3.8) is 0 Å². The molecule has 15 aromatic rings. The number of fused-ring (bicyclic) bond motifs is 15. The molecular weight excluding hydrogens is 1590 g/mol. The molecule has 5 aromatic heterocycles. The van der Waals surface area contributed by atoms with Crippen LogP contribution in [0.2, 0.25) is 0 Å². The number of benzene rings is 10. The van der Waals surface area contributed by atoms with Gasteiger partial charge < -0.3 is 0 Å². The minimum absolute atomic E-state index is 0.0580. The standard InChI is InChI=1S/3C25H25N2.2C23H21N2/c1-15(2)20-10-17(4)27(5)24(13-20)25-16(3)6-9-21-22-11-18(14-26)7-8-19(22)12-23(21)25;1-15(2)19-10-17(4)27(5)24(13-19)25-16(3)6-8-22-21-9-7-18(14-26)11-20(21)12-23(22)25;1-15(2)19-11-17(4)27(5)24(12-19)25-16(3)9-10-21-20-8-6-7-18(14-26)22(20)13-23(21)25;1-14-9-16(3)25(4)22(10-14)23-15(2)5-8-19-20-11-17(13-24)6-7-18(20)12-21(19)23;1-14-10-16(3)25(4)21(11-14)22-15(2)8-9-19-20(22)12-17-6-5-7-18(13-24)23(17)19/h2*6-11,13,15H,12H2,1-5H3;6-12,15H,13H2,1-5H3;2*5-11H,12H2,1-4H3/q5*+1/i3*1D3,2D3,15D;2*1D3. The Bertz CT molecular complexity index is 8700. The lowest BCUT2D eigenvalue weighted by Gasteiger charge is -2.14. The quantitative estimate of drug-likeness (QED) is 0.139. The Morgan fingerprint density at radius 3 is 0.969 bits per heavy atom. The van der Waals surface area contributed by atoms with Gasteiger partial charge in [0.1, 0.15) is 35.2 Å². The van der Waals surface area contributed by atoms with Crippen LogP contribution < -0.4 is 22.8 Å². The lowest BCUT2D eigenvalue weighted by atomic mass is 9.92. The van der Waals surface area contributed by atoms with Gasteiger partial charge in [0.05, 0.1) is 86.0 Å². The van der Waals surface area contributed by atoms with Crippen LogP contribution in [-0.2, 0) is 67.3 Å². The number of nitriles is 5. The van der Waals surface area contributed by atoms with Gasteiger partial charge in [0.15, 0.2) is 28.5 Å². The number of hydrogen-bond donors (Lipinski definition) is 0. The monoisotopic (exact) mass is 1740 g/mol. The Morgan fingerprint density at radius 2 is 0.573 bits per heavy atom. The molecule has 20 rings (SSSR count). The van der Waals surface area contributed by atoms with Crippen LogP contribution in [0.3, 0.4) is 0 Å². The Labute approximate surface area is 813 Å². The second kappa shape index (κ2) is 36.1. The molecule has 131 heavy (non-hydrogen) atoms. The molecule has 0 unspecified atom stereocenters. The van der Waals surface area contributed by atoms with Crippen molar-refractivity contribution in [1.29, 1.82) is 26.3 Å². The maximum absolute atomic E-state index is 9.60. The van der Waals surface area contributed by atoms with Gasteiger partial charge >= 0.3 is 0 Å². The first-order chi connectivity index (χ1) is 73.5. The molecule has 5 aliphatic carbocycles. The van der Waals surface area contributed by atoms with Crippen molar-refractivity contribution >= 4 is 0 Å². The van der Waals surface area contributed by atoms with E-state index >= 15 is 0 Å². The van der Waals surface area contributed by atoms with Gasteiger partial charge in [-0.3, -0.25) is 0 Å². The predicted octanol–water partition coefficient (Wildman–Crippen LogP) is 25.2. The topological polar surface area (TPSA) is 138 Å². The summed E-state index contributed by atoms with van der Waals surface area (Å²) in [5.41, 5.74) is 42.2. The van der Waals surface area contributed by atoms with Crippen LogP contribution >= 0.6 is 0 Å². The predicted molar refractivity (Wildman–Crippen MR) is 529 cm³/mol. The van der Waals surface area contributed by atoms with Crippen molar-refractivity contribution in [1.82, 2.24) is 0 Å². The Kier molecular flexibility index (Phi) is 17.0. The smallest absolute Gasteiger partial charge is 0.199 e. The summed E-state index contributed by atoms with van der Waals surface area (Å²) in [6.45, 7) is -3.47. The molecule has 0 spiro atoms. The first-order valence-corrected chi connectivity index (χ1v) is 43.4. The van der Waals surface area contributed by atoms with Crippen molar-refractivity contribution in [2.24, 2.45) is 35.2 Å². The molecular formula is C121H117N10+5. The average molecular weight is 1740 g/mol. The van der Waals surface area contributed by atoms with E-state index in [2.05, 4.69) is 79.1 Å². The summed E-state index contributed by atoms with van der Waals surface area (Å²) < 4.78 is 226. The Balaban J connectivity index is 0.000000140. The third-order valence-corrected chi connectivity index (χ3v) is 27.0. The molecule has 0 atom stereocenters. The summed E-state index contributed by atoms with van der Waals surface area (Å²) in [7, 11) is 9.48. The van der Waals surface area contributed by atoms with E-state index in [1.165, 1.54) is 35.4 Å². The molecule has 10 aromatic carbocycles. The maximum atomic E-state index is 9.60. The van der Waals surface area contributed by atoms with E-state index < -0.39 is 72.5 Å². The summed E-state index contributed by atoms with van der Waals surface area (Å²) in [5.74, 6) is -8.33. The molecule has 0 fully saturated rings. The molecule has 0 N–H and O–H groups in total. The largest absolute Gasteiger partial charge is 0.213 e. The molecule has 10 heteroatoms. The fourth-order valence-corrected chi connectivity index (χ4v) is 19.8. The number of pyridine rings is 5. The minimum Gasteiger partial charge on any atom is -0.199 e. The summed E-state index contributed by atoms with van der Waals surface area (Å²) in [4.78, 5) is 0. The summed E-state index contributed by atoms with van der Waals surface area (Å²) >= 11 is 0. The van der Waals surface area contributed by atoms with Gasteiger partial charge in [0, 0.05) is 144 Å². The lowest BCUT2D eigenvalue weighted by Crippen LogP contribution is -2.35. The molecule has 5 heterocycles. The van der Waals surface area contributed by atoms with Crippen molar-refractivity contribution in [2.75, 3.05) is 0 Å². The van der Waals surface area contributed by atoms with Crippen LogP contribution in [0.5, 0.6) is 0 Å². The molecule has 5 aliphatic rings. The number of nitrogens with zero attached hydrogens (tertiary/aromatic N) is 10. The highest BCUT2D eigenvalue weighted by molar-refractivity contribution is 5.92. The summed E-state index contributed by atoms with van der Waals surface area (Å²) in [6.07, 6.45) is 3.31. The van der Waals surface area contributed by atoms with Crippen molar-refractivity contribution < 1.29 is 59.8 Å². The molecule has 0 saturated carbocycles. The van der Waals surface area contributed by atoms with Gasteiger partial charge in [-0.2, -0.15) is 49.1 Å². The van der Waals surface area contributed by atoms with E-state index in [1.807, 2.05) is 191 Å². The van der Waals surface area contributed by atoms with Crippen LogP contribution in [0.25, 0.3) is 112 Å². The van der Waals surface area contributed by atoms with Gasteiger partial charge in [0.2, 0.25) is 28.5 Å². The summed E-state index contributed by atoms with van der Waals surface area (Å²) in [6, 6.07) is 76.2. The maximum Gasteiger partial charge on any atom is 0.213 e. The SMILES string of the molecule is [2H]C([2H])([2H])C([2H])(c1cc(C)[n+](C)c(-c2c(C)ccc3c2Cc2c(C#N)cccc2-3)c1)C([2H])([2H])[2H].[2H]C([2H])([2H])C([2H])(c1cc(C)[n+](C)c(-c2c(C)ccc3c2Cc2cc(C#N)ccc2-3)c1)C([2H])([2H])[2H].[2H]C([2H])([2H])C([2H])(c1cc(C)[n+](C)c(-c2c(C)ccc3c2Cc2ccc(C#N)cc2-3)c1)C([2H])([2H])[2H].[2H]C([2H])([2H])c1cc(C)[n+](C)c(-c2c(C)ccc3c2Cc2ccc(C#N)cc2-3)c1.[2H]C([2H])([2H])c1cc(C)[n+](C)c(-c2c(C)ccc3c2Cc2cccc(C#N)c2-3)c1. The van der Waals surface area contributed by atoms with Crippen LogP contribution in [0.15, 0.2) is 212 Å². The number of aryl methyl sites for hydroxylation is 12. The molecule has 0 aliphatic heterocycles. The Hall–Kier alpha value is -14.6. The van der Waals surface area contributed by atoms with Crippen LogP contribution in [0, 0.1) is 140 Å². The van der Waals surface area contributed by atoms with E-state index in [9.17, 15) is 26.3 Å². The fourth-order valence-electron chi connectivity index (χ4n) is 19.8. The van der Waals surface area contributed by atoms with Gasteiger partial charge in [-0.05, 0) is 302 Å². The average Bonchev–Trinajstić information content (AvgIpc) is 1.18. The van der Waals surface area contributed by atoms with E-state index in [4.69, 9.17) is 37.0 Å². The number of rotatable bonds is 8. The summed E-state index contributed by atoms with van der Waals surface area (Å²) in [5, 5.41) is 47.1. The fraction of sp³-hybridized carbons (Fsp3) is 0.256. The third-order valence-electron chi connectivity index (χ3n) is 27.0. The van der Waals surface area contributed by atoms with Crippen molar-refractivity contribution in [3.05, 3.63) is 380 Å². The molecule has 0 bridgehead atoms. The van der Waals surface area contributed by atoms with Crippen LogP contribution in [0.4, 0.5) is 0 Å². The molecule has 10 nitrogen and oxygen atoms in total. The van der Waals surface area contributed by atoms with Gasteiger partial charge in [-0.15, -0.1) is 0 Å². The highest BCUT2D eigenvalue weighted by atomic mass is 15.0. The van der Waals surface area contributed by atoms with Gasteiger partial charge in [-0.25, -0.2) is 0 Å². The highest BCUT2D eigenvalue weighted by Crippen LogP contribution is 2.50. The number of aromatic nitrogens is 5. The van der Waals surface area contributed by atoms with Crippen LogP contribution in [0.1, 0.15) is 263 Å². The van der Waals surface area contributed by atoms with E-state index in [0.717, 1.165) is 191 Å². The molecule has 0 radical (unpaired) electrons. The molecule has 0 amide bonds. The zero-order chi connectivity index (χ0) is 116.